The van der Waals surface area contributed by atoms with Crippen molar-refractivity contribution in [1.29, 1.82) is 0 Å². The second-order valence-electron chi connectivity index (χ2n) is 7.09. The Morgan fingerprint density at radius 3 is 2.35 bits per heavy atom. The molecule has 0 radical (unpaired) electrons. The first-order valence-corrected chi connectivity index (χ1v) is 9.78. The van der Waals surface area contributed by atoms with Gasteiger partial charge in [0.05, 0.1) is 18.5 Å². The maximum atomic E-state index is 12.2. The number of amides is 1. The molecule has 31 heavy (non-hydrogen) atoms. The van der Waals surface area contributed by atoms with Crippen molar-refractivity contribution < 1.29 is 19.1 Å². The Morgan fingerprint density at radius 1 is 1.06 bits per heavy atom. The zero-order valence-corrected chi connectivity index (χ0v) is 18.0. The van der Waals surface area contributed by atoms with Crippen molar-refractivity contribution in [3.05, 3.63) is 72.4 Å². The Morgan fingerprint density at radius 2 is 1.74 bits per heavy atom. The molecule has 3 aromatic rings. The van der Waals surface area contributed by atoms with E-state index in [-0.39, 0.29) is 5.91 Å². The highest BCUT2D eigenvalue weighted by Gasteiger charge is 2.18. The fourth-order valence-electron chi connectivity index (χ4n) is 2.98. The van der Waals surface area contributed by atoms with Gasteiger partial charge in [-0.3, -0.25) is 4.79 Å². The van der Waals surface area contributed by atoms with E-state index in [0.29, 0.717) is 5.69 Å². The summed E-state index contributed by atoms with van der Waals surface area (Å²) in [5.74, 6) is -0.139. The van der Waals surface area contributed by atoms with Crippen molar-refractivity contribution in [3.8, 4) is 22.7 Å². The number of carbonyl (C=O) groups excluding carboxylic acids is 2. The van der Waals surface area contributed by atoms with Gasteiger partial charge in [0, 0.05) is 37.5 Å². The zero-order valence-electron chi connectivity index (χ0n) is 18.0. The number of aromatic nitrogens is 2. The van der Waals surface area contributed by atoms with Crippen molar-refractivity contribution in [1.82, 2.24) is 14.7 Å². The molecule has 0 bridgehead atoms. The average Bonchev–Trinajstić information content (AvgIpc) is 3.22. The summed E-state index contributed by atoms with van der Waals surface area (Å²) >= 11 is 0. The molecule has 0 aliphatic heterocycles. The Balaban J connectivity index is 1.90. The molecule has 1 aromatic heterocycles. The van der Waals surface area contributed by atoms with Crippen LogP contribution in [0.5, 0.6) is 5.75 Å². The molecule has 1 heterocycles. The predicted molar refractivity (Wildman–Crippen MR) is 119 cm³/mol. The van der Waals surface area contributed by atoms with Crippen LogP contribution in [0.4, 0.5) is 0 Å². The van der Waals surface area contributed by atoms with Gasteiger partial charge in [-0.15, -0.1) is 0 Å². The van der Waals surface area contributed by atoms with Crippen molar-refractivity contribution in [2.24, 2.45) is 0 Å². The van der Waals surface area contributed by atoms with Gasteiger partial charge in [0.2, 0.25) is 0 Å². The van der Waals surface area contributed by atoms with Gasteiger partial charge < -0.3 is 14.4 Å². The van der Waals surface area contributed by atoms with E-state index in [1.807, 2.05) is 60.8 Å². The highest BCUT2D eigenvalue weighted by molar-refractivity contribution is 5.91. The molecule has 0 unspecified atom stereocenters. The second-order valence-corrected chi connectivity index (χ2v) is 7.09. The smallest absolute Gasteiger partial charge is 0.331 e. The molecule has 0 aliphatic carbocycles. The summed E-state index contributed by atoms with van der Waals surface area (Å²) < 4.78 is 12.2. The lowest BCUT2D eigenvalue weighted by molar-refractivity contribution is -0.153. The van der Waals surface area contributed by atoms with Crippen molar-refractivity contribution in [2.45, 2.75) is 13.0 Å². The highest BCUT2D eigenvalue weighted by atomic mass is 16.5. The van der Waals surface area contributed by atoms with Gasteiger partial charge in [-0.05, 0) is 49.4 Å². The quantitative estimate of drug-likeness (QED) is 0.432. The number of rotatable bonds is 7. The zero-order chi connectivity index (χ0) is 22.4. The minimum Gasteiger partial charge on any atom is -0.497 e. The maximum absolute atomic E-state index is 12.2. The van der Waals surface area contributed by atoms with Crippen LogP contribution < -0.4 is 4.74 Å². The average molecular weight is 419 g/mol. The number of nitrogens with zero attached hydrogens (tertiary/aromatic N) is 3. The standard InChI is InChI=1S/C24H25N3O4/c1-17(24(29)26(2)3)31-22(28)15-12-19-16-27(20-8-6-5-7-9-20)25-23(19)18-10-13-21(30-4)14-11-18/h5-17H,1-4H3/b15-12+/t17-/m0/s1. The molecule has 1 amide bonds. The van der Waals surface area contributed by atoms with Crippen LogP contribution in [-0.2, 0) is 14.3 Å². The summed E-state index contributed by atoms with van der Waals surface area (Å²) in [6.45, 7) is 1.55. The number of carbonyl (C=O) groups is 2. The SMILES string of the molecule is COc1ccc(-c2nn(-c3ccccc3)cc2/C=C/C(=O)O[C@@H](C)C(=O)N(C)C)cc1. The topological polar surface area (TPSA) is 73.7 Å². The summed E-state index contributed by atoms with van der Waals surface area (Å²) in [6.07, 6.45) is 3.92. The molecule has 0 saturated carbocycles. The number of benzene rings is 2. The molecule has 160 valence electrons. The largest absolute Gasteiger partial charge is 0.497 e. The van der Waals surface area contributed by atoms with Gasteiger partial charge in [-0.1, -0.05) is 18.2 Å². The van der Waals surface area contributed by atoms with E-state index < -0.39 is 12.1 Å². The number of methoxy groups -OCH3 is 1. The number of para-hydroxylation sites is 1. The first kappa shape index (κ1) is 21.8. The van der Waals surface area contributed by atoms with Crippen molar-refractivity contribution in [3.63, 3.8) is 0 Å². The number of hydrogen-bond acceptors (Lipinski definition) is 5. The van der Waals surface area contributed by atoms with E-state index in [0.717, 1.165) is 22.6 Å². The Hall–Kier alpha value is -3.87. The third kappa shape index (κ3) is 5.39. The van der Waals surface area contributed by atoms with Crippen molar-refractivity contribution in [2.75, 3.05) is 21.2 Å². The summed E-state index contributed by atoms with van der Waals surface area (Å²) in [5, 5.41) is 4.71. The van der Waals surface area contributed by atoms with E-state index in [2.05, 4.69) is 0 Å². The summed E-state index contributed by atoms with van der Waals surface area (Å²) in [5.41, 5.74) is 3.20. The molecular weight excluding hydrogens is 394 g/mol. The molecule has 0 N–H and O–H groups in total. The highest BCUT2D eigenvalue weighted by Crippen LogP contribution is 2.26. The van der Waals surface area contributed by atoms with Gasteiger partial charge in [0.1, 0.15) is 5.75 Å². The maximum Gasteiger partial charge on any atom is 0.331 e. The fourth-order valence-corrected chi connectivity index (χ4v) is 2.98. The summed E-state index contributed by atoms with van der Waals surface area (Å²) in [6, 6.07) is 17.2. The third-order valence-corrected chi connectivity index (χ3v) is 4.61. The predicted octanol–water partition coefficient (Wildman–Crippen LogP) is 3.58. The Bertz CT molecular complexity index is 1070. The molecule has 7 nitrogen and oxygen atoms in total. The van der Waals surface area contributed by atoms with Crippen molar-refractivity contribution >= 4 is 18.0 Å². The number of hydrogen-bond donors (Lipinski definition) is 0. The van der Waals surface area contributed by atoms with E-state index in [1.54, 1.807) is 38.9 Å². The molecule has 0 fully saturated rings. The monoisotopic (exact) mass is 419 g/mol. The van der Waals surface area contributed by atoms with E-state index >= 15 is 0 Å². The lowest BCUT2D eigenvalue weighted by atomic mass is 10.1. The first-order valence-electron chi connectivity index (χ1n) is 9.78. The van der Waals surface area contributed by atoms with Crippen LogP contribution in [0.3, 0.4) is 0 Å². The van der Waals surface area contributed by atoms with Crippen LogP contribution in [0, 0.1) is 0 Å². The first-order chi connectivity index (χ1) is 14.9. The molecule has 1 atom stereocenters. The number of ether oxygens (including phenoxy) is 2. The lowest BCUT2D eigenvalue weighted by Crippen LogP contribution is -2.34. The number of esters is 1. The van der Waals surface area contributed by atoms with E-state index in [9.17, 15) is 9.59 Å². The minimum atomic E-state index is -0.861. The fraction of sp³-hybridized carbons (Fsp3) is 0.208. The third-order valence-electron chi connectivity index (χ3n) is 4.61. The Kier molecular flexibility index (Phi) is 6.87. The van der Waals surface area contributed by atoms with Gasteiger partial charge >= 0.3 is 5.97 Å². The van der Waals surface area contributed by atoms with Crippen LogP contribution in [0.15, 0.2) is 66.9 Å². The summed E-state index contributed by atoms with van der Waals surface area (Å²) in [7, 11) is 4.84. The van der Waals surface area contributed by atoms with Gasteiger partial charge in [-0.2, -0.15) is 5.10 Å². The van der Waals surface area contributed by atoms with Crippen LogP contribution in [0.2, 0.25) is 0 Å². The van der Waals surface area contributed by atoms with Crippen LogP contribution in [-0.4, -0.2) is 53.9 Å². The molecule has 0 aliphatic rings. The van der Waals surface area contributed by atoms with Gasteiger partial charge in [0.25, 0.3) is 5.91 Å². The molecule has 7 heteroatoms. The lowest BCUT2D eigenvalue weighted by Gasteiger charge is -2.16. The van der Waals surface area contributed by atoms with Gasteiger partial charge in [-0.25, -0.2) is 9.48 Å². The molecule has 0 spiro atoms. The molecular formula is C24H25N3O4. The molecule has 2 aromatic carbocycles. The van der Waals surface area contributed by atoms with Crippen LogP contribution in [0.1, 0.15) is 12.5 Å². The Labute approximate surface area is 181 Å². The van der Waals surface area contributed by atoms with Crippen LogP contribution >= 0.6 is 0 Å². The van der Waals surface area contributed by atoms with E-state index in [4.69, 9.17) is 14.6 Å². The molecule has 0 saturated heterocycles. The van der Waals surface area contributed by atoms with E-state index in [1.165, 1.54) is 11.0 Å². The normalized spacial score (nSPS) is 11.9. The second kappa shape index (κ2) is 9.75. The van der Waals surface area contributed by atoms with Gasteiger partial charge in [0.15, 0.2) is 6.10 Å². The minimum absolute atomic E-state index is 0.280. The number of likely N-dealkylation sites (N-methyl/N-ethyl adjacent to an activating group) is 1. The molecule has 3 rings (SSSR count). The van der Waals surface area contributed by atoms with Crippen LogP contribution in [0.25, 0.3) is 23.0 Å². The summed E-state index contributed by atoms with van der Waals surface area (Å²) in [4.78, 5) is 25.5.